The minimum absolute atomic E-state index is 0.0174. The third kappa shape index (κ3) is 3.46. The molecule has 0 radical (unpaired) electrons. The maximum absolute atomic E-state index is 15.1. The first-order valence-corrected chi connectivity index (χ1v) is 9.24. The standard InChI is InChI=1S/C22H17FN6O2/c1-13-9-14(3-5-17(13)31-15-7-8-29-19(10-15)25-12-27-29)28-22-20-16(24-11-26-22)4-6-18(30-2)21(20)23/h3-12H,1-2H3,(H,24,26,28)/i2D3. The van der Waals surface area contributed by atoms with E-state index in [0.29, 0.717) is 28.4 Å². The summed E-state index contributed by atoms with van der Waals surface area (Å²) in [5, 5.41) is 7.14. The molecule has 31 heavy (non-hydrogen) atoms. The number of benzene rings is 2. The highest BCUT2D eigenvalue weighted by molar-refractivity contribution is 5.92. The van der Waals surface area contributed by atoms with Crippen molar-refractivity contribution in [1.29, 1.82) is 0 Å². The van der Waals surface area contributed by atoms with Crippen molar-refractivity contribution in [2.75, 3.05) is 12.4 Å². The van der Waals surface area contributed by atoms with E-state index in [9.17, 15) is 0 Å². The van der Waals surface area contributed by atoms with E-state index in [1.54, 1.807) is 35.0 Å². The van der Waals surface area contributed by atoms with Crippen molar-refractivity contribution in [1.82, 2.24) is 24.6 Å². The van der Waals surface area contributed by atoms with Crippen LogP contribution in [-0.2, 0) is 0 Å². The molecular formula is C22H17FN6O2. The molecule has 0 aliphatic carbocycles. The molecule has 0 bridgehead atoms. The number of hydrogen-bond donors (Lipinski definition) is 1. The van der Waals surface area contributed by atoms with Crippen LogP contribution in [0.3, 0.4) is 0 Å². The molecule has 3 heterocycles. The lowest BCUT2D eigenvalue weighted by Gasteiger charge is -2.13. The molecule has 0 saturated heterocycles. The van der Waals surface area contributed by atoms with Gasteiger partial charge in [-0.15, -0.1) is 0 Å². The topological polar surface area (TPSA) is 86.5 Å². The molecular weight excluding hydrogens is 399 g/mol. The lowest BCUT2D eigenvalue weighted by molar-refractivity contribution is 0.389. The van der Waals surface area contributed by atoms with Crippen LogP contribution in [0.1, 0.15) is 9.68 Å². The number of halogens is 1. The highest BCUT2D eigenvalue weighted by Gasteiger charge is 2.14. The summed E-state index contributed by atoms with van der Waals surface area (Å²) in [6, 6.07) is 11.6. The van der Waals surface area contributed by atoms with E-state index in [-0.39, 0.29) is 11.2 Å². The predicted molar refractivity (Wildman–Crippen MR) is 114 cm³/mol. The van der Waals surface area contributed by atoms with Gasteiger partial charge >= 0.3 is 0 Å². The first-order valence-electron chi connectivity index (χ1n) is 10.7. The zero-order valence-corrected chi connectivity index (χ0v) is 16.2. The summed E-state index contributed by atoms with van der Waals surface area (Å²) in [5.74, 6) is 0.132. The van der Waals surface area contributed by atoms with E-state index in [0.717, 1.165) is 5.56 Å². The van der Waals surface area contributed by atoms with Gasteiger partial charge in [-0.1, -0.05) is 0 Å². The normalized spacial score (nSPS) is 12.9. The Morgan fingerprint density at radius 2 is 1.94 bits per heavy atom. The zero-order valence-electron chi connectivity index (χ0n) is 19.2. The lowest BCUT2D eigenvalue weighted by atomic mass is 10.1. The van der Waals surface area contributed by atoms with Crippen LogP contribution in [0.15, 0.2) is 61.3 Å². The number of nitrogens with one attached hydrogen (secondary N) is 1. The van der Waals surface area contributed by atoms with E-state index >= 15 is 4.39 Å². The van der Waals surface area contributed by atoms with Crippen molar-refractivity contribution in [2.45, 2.75) is 6.92 Å². The summed E-state index contributed by atoms with van der Waals surface area (Å²) in [6.07, 6.45) is 4.50. The van der Waals surface area contributed by atoms with E-state index in [2.05, 4.69) is 25.4 Å². The van der Waals surface area contributed by atoms with E-state index in [1.165, 1.54) is 24.8 Å². The molecule has 5 aromatic rings. The molecule has 1 N–H and O–H groups in total. The van der Waals surface area contributed by atoms with Crippen molar-refractivity contribution in [3.05, 3.63) is 72.7 Å². The molecule has 0 atom stereocenters. The van der Waals surface area contributed by atoms with Gasteiger partial charge < -0.3 is 14.8 Å². The van der Waals surface area contributed by atoms with Gasteiger partial charge in [-0.05, 0) is 48.9 Å². The van der Waals surface area contributed by atoms with Crippen molar-refractivity contribution >= 4 is 28.1 Å². The maximum atomic E-state index is 15.1. The van der Waals surface area contributed by atoms with Gasteiger partial charge in [0.2, 0.25) is 0 Å². The number of pyridine rings is 1. The number of rotatable bonds is 5. The fraction of sp³-hybridized carbons (Fsp3) is 0.0909. The van der Waals surface area contributed by atoms with Crippen LogP contribution in [0.5, 0.6) is 17.2 Å². The van der Waals surface area contributed by atoms with Crippen molar-refractivity contribution in [3.8, 4) is 17.2 Å². The number of anilines is 2. The Hall–Kier alpha value is -4.27. The molecule has 5 rings (SSSR count). The summed E-state index contributed by atoms with van der Waals surface area (Å²) in [7, 11) is -2.79. The Balaban J connectivity index is 1.43. The summed E-state index contributed by atoms with van der Waals surface area (Å²) in [4.78, 5) is 12.3. The molecule has 2 aromatic carbocycles. The van der Waals surface area contributed by atoms with Gasteiger partial charge in [0.1, 0.15) is 30.0 Å². The van der Waals surface area contributed by atoms with Crippen LogP contribution in [0.4, 0.5) is 15.9 Å². The van der Waals surface area contributed by atoms with Gasteiger partial charge in [0, 0.05) is 18.0 Å². The second-order valence-electron chi connectivity index (χ2n) is 6.73. The molecule has 0 unspecified atom stereocenters. The third-order valence-electron chi connectivity index (χ3n) is 4.73. The summed E-state index contributed by atoms with van der Waals surface area (Å²) in [5.41, 5.74) is 2.40. The average molecular weight is 419 g/mol. The number of hydrogen-bond acceptors (Lipinski definition) is 7. The van der Waals surface area contributed by atoms with Crippen LogP contribution < -0.4 is 14.8 Å². The van der Waals surface area contributed by atoms with Crippen molar-refractivity contribution in [2.24, 2.45) is 0 Å². The number of aryl methyl sites for hydroxylation is 1. The number of aromatic nitrogens is 5. The second-order valence-corrected chi connectivity index (χ2v) is 6.73. The van der Waals surface area contributed by atoms with Crippen LogP contribution in [-0.4, -0.2) is 31.6 Å². The SMILES string of the molecule is [2H]C([2H])([2H])Oc1ccc2ncnc(Nc3ccc(Oc4ccn5ncnc5c4)c(C)c3)c2c1F. The third-order valence-corrected chi connectivity index (χ3v) is 4.73. The van der Waals surface area contributed by atoms with Gasteiger partial charge in [0.05, 0.1) is 22.1 Å². The van der Waals surface area contributed by atoms with Gasteiger partial charge in [-0.25, -0.2) is 23.9 Å². The van der Waals surface area contributed by atoms with E-state index in [1.807, 2.05) is 13.0 Å². The summed E-state index contributed by atoms with van der Waals surface area (Å²) >= 11 is 0. The minimum Gasteiger partial charge on any atom is -0.494 e. The molecule has 9 heteroatoms. The Labute approximate surface area is 180 Å². The van der Waals surface area contributed by atoms with Gasteiger partial charge in [0.25, 0.3) is 0 Å². The summed E-state index contributed by atoms with van der Waals surface area (Å²) in [6.45, 7) is 1.87. The molecule has 3 aromatic heterocycles. The fourth-order valence-electron chi connectivity index (χ4n) is 3.23. The molecule has 0 amide bonds. The lowest BCUT2D eigenvalue weighted by Crippen LogP contribution is -2.00. The Kier molecular flexibility index (Phi) is 3.78. The monoisotopic (exact) mass is 419 g/mol. The van der Waals surface area contributed by atoms with Crippen LogP contribution in [0, 0.1) is 12.7 Å². The molecule has 0 saturated carbocycles. The molecule has 0 spiro atoms. The highest BCUT2D eigenvalue weighted by Crippen LogP contribution is 2.33. The zero-order chi connectivity index (χ0) is 23.9. The Morgan fingerprint density at radius 3 is 2.81 bits per heavy atom. The van der Waals surface area contributed by atoms with Crippen LogP contribution >= 0.6 is 0 Å². The van der Waals surface area contributed by atoms with Crippen molar-refractivity contribution in [3.63, 3.8) is 0 Å². The predicted octanol–water partition coefficient (Wildman–Crippen LogP) is 4.66. The quantitative estimate of drug-likeness (QED) is 0.443. The molecule has 8 nitrogen and oxygen atoms in total. The Morgan fingerprint density at radius 1 is 1.03 bits per heavy atom. The smallest absolute Gasteiger partial charge is 0.178 e. The van der Waals surface area contributed by atoms with E-state index < -0.39 is 18.6 Å². The molecule has 0 aliphatic rings. The Bertz CT molecular complexity index is 1520. The largest absolute Gasteiger partial charge is 0.494 e. The van der Waals surface area contributed by atoms with Gasteiger partial charge in [-0.2, -0.15) is 5.10 Å². The van der Waals surface area contributed by atoms with Gasteiger partial charge in [-0.3, -0.25) is 0 Å². The number of fused-ring (bicyclic) bond motifs is 2. The first kappa shape index (κ1) is 15.6. The number of ether oxygens (including phenoxy) is 2. The second kappa shape index (κ2) is 7.52. The van der Waals surface area contributed by atoms with Crippen LogP contribution in [0.25, 0.3) is 16.6 Å². The molecule has 154 valence electrons. The van der Waals surface area contributed by atoms with Crippen molar-refractivity contribution < 1.29 is 18.0 Å². The number of nitrogens with zero attached hydrogens (tertiary/aromatic N) is 5. The van der Waals surface area contributed by atoms with Crippen LogP contribution in [0.2, 0.25) is 0 Å². The van der Waals surface area contributed by atoms with Gasteiger partial charge in [0.15, 0.2) is 17.2 Å². The fourth-order valence-corrected chi connectivity index (χ4v) is 3.23. The summed E-state index contributed by atoms with van der Waals surface area (Å²) < 4.78 is 49.2. The minimum atomic E-state index is -2.79. The average Bonchev–Trinajstić information content (AvgIpc) is 3.25. The maximum Gasteiger partial charge on any atom is 0.178 e. The first-order chi connectivity index (χ1) is 16.3. The molecule has 0 fully saturated rings. The highest BCUT2D eigenvalue weighted by atomic mass is 19.1. The van der Waals surface area contributed by atoms with E-state index in [4.69, 9.17) is 13.6 Å². The molecule has 0 aliphatic heterocycles. The number of methoxy groups -OCH3 is 1.